The monoisotopic (exact) mass is 338 g/mol. The molecular formula is C22H26O3. The van der Waals surface area contributed by atoms with Crippen LogP contribution in [0.25, 0.3) is 0 Å². The lowest BCUT2D eigenvalue weighted by molar-refractivity contribution is 0.125. The Morgan fingerprint density at radius 1 is 1.24 bits per heavy atom. The third-order valence-corrected chi connectivity index (χ3v) is 4.92. The van der Waals surface area contributed by atoms with Crippen molar-refractivity contribution in [3.63, 3.8) is 0 Å². The summed E-state index contributed by atoms with van der Waals surface area (Å²) >= 11 is 0. The van der Waals surface area contributed by atoms with Crippen LogP contribution in [0.5, 0.6) is 11.5 Å². The SMILES string of the molecule is C=CCc1cc2c(cc1OCc1ccccc1)C(C)(C)C(CCO)O2. The van der Waals surface area contributed by atoms with Crippen molar-refractivity contribution in [3.8, 4) is 11.5 Å². The molecule has 3 nitrogen and oxygen atoms in total. The van der Waals surface area contributed by atoms with Crippen LogP contribution >= 0.6 is 0 Å². The minimum Gasteiger partial charge on any atom is -0.489 e. The zero-order chi connectivity index (χ0) is 17.9. The highest BCUT2D eigenvalue weighted by molar-refractivity contribution is 5.53. The third-order valence-electron chi connectivity index (χ3n) is 4.92. The molecule has 132 valence electrons. The highest BCUT2D eigenvalue weighted by Crippen LogP contribution is 2.46. The number of hydrogen-bond donors (Lipinski definition) is 1. The third kappa shape index (κ3) is 3.57. The number of hydrogen-bond acceptors (Lipinski definition) is 3. The second kappa shape index (κ2) is 7.32. The van der Waals surface area contributed by atoms with E-state index in [2.05, 4.69) is 44.7 Å². The van der Waals surface area contributed by atoms with Crippen molar-refractivity contribution in [2.24, 2.45) is 0 Å². The summed E-state index contributed by atoms with van der Waals surface area (Å²) in [5, 5.41) is 9.32. The standard InChI is InChI=1S/C22H26O3/c1-4-8-17-13-20-18(22(2,3)21(25-20)11-12-23)14-19(17)24-15-16-9-6-5-7-10-16/h4-7,9-10,13-14,21,23H,1,8,11-12,15H2,2-3H3. The Morgan fingerprint density at radius 3 is 2.68 bits per heavy atom. The molecule has 0 saturated heterocycles. The first-order valence-electron chi connectivity index (χ1n) is 8.78. The van der Waals surface area contributed by atoms with Gasteiger partial charge in [-0.1, -0.05) is 50.3 Å². The van der Waals surface area contributed by atoms with E-state index in [-0.39, 0.29) is 18.1 Å². The summed E-state index contributed by atoms with van der Waals surface area (Å²) in [6, 6.07) is 14.3. The van der Waals surface area contributed by atoms with Crippen molar-refractivity contribution in [1.82, 2.24) is 0 Å². The maximum atomic E-state index is 9.32. The van der Waals surface area contributed by atoms with E-state index >= 15 is 0 Å². The van der Waals surface area contributed by atoms with E-state index in [0.717, 1.165) is 34.6 Å². The van der Waals surface area contributed by atoms with Crippen molar-refractivity contribution in [1.29, 1.82) is 0 Å². The molecule has 0 saturated carbocycles. The van der Waals surface area contributed by atoms with Gasteiger partial charge in [-0.2, -0.15) is 0 Å². The Kier molecular flexibility index (Phi) is 5.14. The smallest absolute Gasteiger partial charge is 0.124 e. The Bertz CT molecular complexity index is 734. The molecule has 0 radical (unpaired) electrons. The number of ether oxygens (including phenoxy) is 2. The van der Waals surface area contributed by atoms with Gasteiger partial charge in [0.25, 0.3) is 0 Å². The maximum Gasteiger partial charge on any atom is 0.124 e. The highest BCUT2D eigenvalue weighted by atomic mass is 16.5. The molecule has 1 aliphatic rings. The molecule has 3 rings (SSSR count). The quantitative estimate of drug-likeness (QED) is 0.760. The van der Waals surface area contributed by atoms with Crippen LogP contribution in [0.3, 0.4) is 0 Å². The predicted octanol–water partition coefficient (Wildman–Crippen LogP) is 4.42. The summed E-state index contributed by atoms with van der Waals surface area (Å²) < 4.78 is 12.3. The Hall–Kier alpha value is -2.26. The van der Waals surface area contributed by atoms with Crippen LogP contribution in [-0.4, -0.2) is 17.8 Å². The van der Waals surface area contributed by atoms with Gasteiger partial charge in [0.1, 0.15) is 24.2 Å². The maximum absolute atomic E-state index is 9.32. The van der Waals surface area contributed by atoms with Gasteiger partial charge in [-0.25, -0.2) is 0 Å². The highest BCUT2D eigenvalue weighted by Gasteiger charge is 2.41. The van der Waals surface area contributed by atoms with Crippen LogP contribution in [0, 0.1) is 0 Å². The van der Waals surface area contributed by atoms with Crippen LogP contribution in [0.4, 0.5) is 0 Å². The van der Waals surface area contributed by atoms with Gasteiger partial charge < -0.3 is 14.6 Å². The van der Waals surface area contributed by atoms with E-state index in [4.69, 9.17) is 9.47 Å². The molecule has 0 aromatic heterocycles. The van der Waals surface area contributed by atoms with E-state index in [1.54, 1.807) is 0 Å². The largest absolute Gasteiger partial charge is 0.489 e. The first kappa shape index (κ1) is 17.6. The number of rotatable bonds is 7. The molecule has 2 aromatic rings. The van der Waals surface area contributed by atoms with E-state index in [1.165, 1.54) is 0 Å². The van der Waals surface area contributed by atoms with Crippen molar-refractivity contribution < 1.29 is 14.6 Å². The van der Waals surface area contributed by atoms with Crippen molar-refractivity contribution in [3.05, 3.63) is 71.8 Å². The molecule has 3 heteroatoms. The summed E-state index contributed by atoms with van der Waals surface area (Å²) in [4.78, 5) is 0. The van der Waals surface area contributed by atoms with E-state index in [9.17, 15) is 5.11 Å². The second-order valence-electron chi connectivity index (χ2n) is 7.06. The minimum absolute atomic E-state index is 0.0199. The molecule has 1 atom stereocenters. The lowest BCUT2D eigenvalue weighted by atomic mass is 9.79. The van der Waals surface area contributed by atoms with E-state index < -0.39 is 0 Å². The molecule has 0 amide bonds. The van der Waals surface area contributed by atoms with Crippen LogP contribution < -0.4 is 9.47 Å². The number of aliphatic hydroxyl groups is 1. The molecular weight excluding hydrogens is 312 g/mol. The fourth-order valence-corrected chi connectivity index (χ4v) is 3.40. The average molecular weight is 338 g/mol. The summed E-state index contributed by atoms with van der Waals surface area (Å²) in [6.07, 6.45) is 3.21. The first-order chi connectivity index (χ1) is 12.1. The van der Waals surface area contributed by atoms with Gasteiger partial charge in [-0.3, -0.25) is 0 Å². The van der Waals surface area contributed by atoms with Crippen LogP contribution in [0.15, 0.2) is 55.1 Å². The first-order valence-corrected chi connectivity index (χ1v) is 8.78. The van der Waals surface area contributed by atoms with Gasteiger partial charge >= 0.3 is 0 Å². The second-order valence-corrected chi connectivity index (χ2v) is 7.06. The van der Waals surface area contributed by atoms with Crippen molar-refractivity contribution in [2.45, 2.75) is 44.8 Å². The normalized spacial score (nSPS) is 17.6. The Morgan fingerprint density at radius 2 is 2.00 bits per heavy atom. The molecule has 0 bridgehead atoms. The molecule has 0 spiro atoms. The summed E-state index contributed by atoms with van der Waals surface area (Å²) in [5.41, 5.74) is 3.20. The van der Waals surface area contributed by atoms with Gasteiger partial charge in [0.05, 0.1) is 0 Å². The predicted molar refractivity (Wildman–Crippen MR) is 100 cm³/mol. The molecule has 1 unspecified atom stereocenters. The number of benzene rings is 2. The molecule has 0 fully saturated rings. The average Bonchev–Trinajstić information content (AvgIpc) is 2.84. The van der Waals surface area contributed by atoms with Gasteiger partial charge in [-0.05, 0) is 24.1 Å². The van der Waals surface area contributed by atoms with Crippen LogP contribution in [0.2, 0.25) is 0 Å². The number of fused-ring (bicyclic) bond motifs is 1. The van der Waals surface area contributed by atoms with Crippen molar-refractivity contribution >= 4 is 0 Å². The molecule has 1 N–H and O–H groups in total. The van der Waals surface area contributed by atoms with E-state index in [0.29, 0.717) is 13.0 Å². The molecule has 0 aliphatic carbocycles. The van der Waals surface area contributed by atoms with Gasteiger partial charge in [-0.15, -0.1) is 6.58 Å². The topological polar surface area (TPSA) is 38.7 Å². The van der Waals surface area contributed by atoms with Gasteiger partial charge in [0.15, 0.2) is 0 Å². The van der Waals surface area contributed by atoms with E-state index in [1.807, 2.05) is 24.3 Å². The lowest BCUT2D eigenvalue weighted by Gasteiger charge is -2.25. The zero-order valence-electron chi connectivity index (χ0n) is 15.0. The fourth-order valence-electron chi connectivity index (χ4n) is 3.40. The van der Waals surface area contributed by atoms with Gasteiger partial charge in [0, 0.05) is 29.6 Å². The number of allylic oxidation sites excluding steroid dienone is 1. The van der Waals surface area contributed by atoms with Crippen LogP contribution in [0.1, 0.15) is 37.0 Å². The Labute approximate surface area is 149 Å². The molecule has 1 heterocycles. The summed E-state index contributed by atoms with van der Waals surface area (Å²) in [7, 11) is 0. The summed E-state index contributed by atoms with van der Waals surface area (Å²) in [6.45, 7) is 8.83. The zero-order valence-corrected chi connectivity index (χ0v) is 15.0. The summed E-state index contributed by atoms with van der Waals surface area (Å²) in [5.74, 6) is 1.77. The minimum atomic E-state index is -0.157. The molecule has 1 aliphatic heterocycles. The lowest BCUT2D eigenvalue weighted by Crippen LogP contribution is -2.32. The number of aliphatic hydroxyl groups excluding tert-OH is 1. The van der Waals surface area contributed by atoms with Crippen LogP contribution in [-0.2, 0) is 18.4 Å². The van der Waals surface area contributed by atoms with Gasteiger partial charge in [0.2, 0.25) is 0 Å². The van der Waals surface area contributed by atoms with Crippen molar-refractivity contribution in [2.75, 3.05) is 6.61 Å². The fraction of sp³-hybridized carbons (Fsp3) is 0.364. The Balaban J connectivity index is 1.90. The molecule has 2 aromatic carbocycles. The molecule has 25 heavy (non-hydrogen) atoms.